The van der Waals surface area contributed by atoms with Gasteiger partial charge in [0.2, 0.25) is 0 Å². The number of benzene rings is 3. The van der Waals surface area contributed by atoms with Gasteiger partial charge in [0, 0.05) is 4.90 Å². The van der Waals surface area contributed by atoms with E-state index < -0.39 is 11.8 Å². The third kappa shape index (κ3) is 2.76. The largest absolute Gasteiger partial charge is 0.478 e. The summed E-state index contributed by atoms with van der Waals surface area (Å²) in [6.45, 7) is 0. The van der Waals surface area contributed by atoms with E-state index in [0.29, 0.717) is 0 Å². The second kappa shape index (κ2) is 5.58. The van der Waals surface area contributed by atoms with Gasteiger partial charge in [-0.25, -0.2) is 9.18 Å². The van der Waals surface area contributed by atoms with Crippen LogP contribution in [0.25, 0.3) is 10.8 Å². The van der Waals surface area contributed by atoms with Crippen molar-refractivity contribution in [3.63, 3.8) is 0 Å². The third-order valence-corrected chi connectivity index (χ3v) is 4.25. The Labute approximate surface area is 125 Å². The van der Waals surface area contributed by atoms with Crippen LogP contribution in [0.3, 0.4) is 0 Å². The lowest BCUT2D eigenvalue weighted by atomic mass is 10.1. The van der Waals surface area contributed by atoms with Crippen LogP contribution < -0.4 is 0 Å². The van der Waals surface area contributed by atoms with Crippen molar-refractivity contribution in [2.24, 2.45) is 0 Å². The van der Waals surface area contributed by atoms with Crippen LogP contribution in [-0.2, 0) is 0 Å². The molecule has 0 aliphatic carbocycles. The highest BCUT2D eigenvalue weighted by Gasteiger charge is 2.15. The zero-order chi connectivity index (χ0) is 14.8. The molecule has 0 bridgehead atoms. The summed E-state index contributed by atoms with van der Waals surface area (Å²) in [5, 5.41) is 11.3. The predicted molar refractivity (Wildman–Crippen MR) is 81.4 cm³/mol. The van der Waals surface area contributed by atoms with Crippen molar-refractivity contribution in [2.75, 3.05) is 0 Å². The molecule has 0 aliphatic heterocycles. The number of carboxylic acid groups (broad SMARTS) is 1. The molecule has 0 saturated carbocycles. The number of hydrogen-bond acceptors (Lipinski definition) is 2. The average Bonchev–Trinajstić information content (AvgIpc) is 2.49. The van der Waals surface area contributed by atoms with Crippen LogP contribution in [0.2, 0.25) is 0 Å². The quantitative estimate of drug-likeness (QED) is 0.752. The van der Waals surface area contributed by atoms with E-state index in [0.717, 1.165) is 27.4 Å². The van der Waals surface area contributed by atoms with Crippen LogP contribution in [0, 0.1) is 5.82 Å². The fourth-order valence-electron chi connectivity index (χ4n) is 2.13. The molecule has 1 N–H and O–H groups in total. The van der Waals surface area contributed by atoms with Crippen LogP contribution in [0.15, 0.2) is 70.5 Å². The molecule has 0 aromatic heterocycles. The Morgan fingerprint density at radius 1 is 0.952 bits per heavy atom. The molecule has 0 fully saturated rings. The van der Waals surface area contributed by atoms with E-state index >= 15 is 0 Å². The summed E-state index contributed by atoms with van der Waals surface area (Å²) in [5.74, 6) is -1.65. The van der Waals surface area contributed by atoms with E-state index in [2.05, 4.69) is 0 Å². The molecule has 0 saturated heterocycles. The van der Waals surface area contributed by atoms with Gasteiger partial charge in [-0.3, -0.25) is 0 Å². The van der Waals surface area contributed by atoms with Gasteiger partial charge in [-0.05, 0) is 35.0 Å². The van der Waals surface area contributed by atoms with Crippen molar-refractivity contribution in [1.29, 1.82) is 0 Å². The Morgan fingerprint density at radius 2 is 1.71 bits per heavy atom. The maximum Gasteiger partial charge on any atom is 0.336 e. The molecule has 21 heavy (non-hydrogen) atoms. The van der Waals surface area contributed by atoms with Gasteiger partial charge in [0.25, 0.3) is 0 Å². The first-order valence-electron chi connectivity index (χ1n) is 6.33. The van der Waals surface area contributed by atoms with Crippen molar-refractivity contribution in [3.8, 4) is 0 Å². The summed E-state index contributed by atoms with van der Waals surface area (Å²) < 4.78 is 13.9. The predicted octanol–water partition coefficient (Wildman–Crippen LogP) is 4.83. The minimum atomic E-state index is -1.13. The normalized spacial score (nSPS) is 10.7. The van der Waals surface area contributed by atoms with Crippen molar-refractivity contribution < 1.29 is 14.3 Å². The fourth-order valence-corrected chi connectivity index (χ4v) is 3.12. The van der Waals surface area contributed by atoms with Gasteiger partial charge in [-0.15, -0.1) is 0 Å². The van der Waals surface area contributed by atoms with Crippen molar-refractivity contribution in [3.05, 3.63) is 72.0 Å². The number of aromatic carboxylic acids is 1. The van der Waals surface area contributed by atoms with Gasteiger partial charge in [0.05, 0.1) is 10.5 Å². The molecule has 0 atom stereocenters. The van der Waals surface area contributed by atoms with Gasteiger partial charge < -0.3 is 5.11 Å². The Kier molecular flexibility index (Phi) is 3.62. The highest BCUT2D eigenvalue weighted by molar-refractivity contribution is 7.99. The summed E-state index contributed by atoms with van der Waals surface area (Å²) in [5.41, 5.74) is -0.0202. The smallest absolute Gasteiger partial charge is 0.336 e. The minimum Gasteiger partial charge on any atom is -0.478 e. The van der Waals surface area contributed by atoms with Gasteiger partial charge in [0.1, 0.15) is 5.82 Å². The molecule has 4 heteroatoms. The summed E-state index contributed by atoms with van der Waals surface area (Å²) in [7, 11) is 0. The zero-order valence-corrected chi connectivity index (χ0v) is 11.7. The van der Waals surface area contributed by atoms with Gasteiger partial charge in [0.15, 0.2) is 0 Å². The Balaban J connectivity index is 2.04. The summed E-state index contributed by atoms with van der Waals surface area (Å²) in [6, 6.07) is 17.7. The summed E-state index contributed by atoms with van der Waals surface area (Å²) in [4.78, 5) is 12.1. The fraction of sp³-hybridized carbons (Fsp3) is 0. The molecule has 3 aromatic rings. The molecular weight excluding hydrogens is 287 g/mol. The topological polar surface area (TPSA) is 37.3 Å². The molecule has 3 aromatic carbocycles. The lowest BCUT2D eigenvalue weighted by Crippen LogP contribution is -2.00. The average molecular weight is 298 g/mol. The molecule has 2 nitrogen and oxygen atoms in total. The second-order valence-electron chi connectivity index (χ2n) is 4.53. The molecule has 0 heterocycles. The molecule has 0 radical (unpaired) electrons. The highest BCUT2D eigenvalue weighted by atomic mass is 32.2. The van der Waals surface area contributed by atoms with Crippen molar-refractivity contribution >= 4 is 28.5 Å². The first-order chi connectivity index (χ1) is 10.1. The van der Waals surface area contributed by atoms with E-state index in [-0.39, 0.29) is 10.5 Å². The molecule has 0 unspecified atom stereocenters. The van der Waals surface area contributed by atoms with Gasteiger partial charge in [-0.1, -0.05) is 48.2 Å². The first-order valence-corrected chi connectivity index (χ1v) is 7.15. The maximum atomic E-state index is 13.9. The second-order valence-corrected chi connectivity index (χ2v) is 5.62. The van der Waals surface area contributed by atoms with Crippen LogP contribution in [0.1, 0.15) is 10.4 Å². The summed E-state index contributed by atoms with van der Waals surface area (Å²) >= 11 is 1.13. The Morgan fingerprint density at radius 3 is 2.48 bits per heavy atom. The number of rotatable bonds is 3. The van der Waals surface area contributed by atoms with E-state index in [1.807, 2.05) is 42.5 Å². The first kappa shape index (κ1) is 13.6. The van der Waals surface area contributed by atoms with Gasteiger partial charge in [-0.2, -0.15) is 0 Å². The zero-order valence-electron chi connectivity index (χ0n) is 10.9. The summed E-state index contributed by atoms with van der Waals surface area (Å²) in [6.07, 6.45) is 0. The number of halogens is 1. The minimum absolute atomic E-state index is 0.0202. The third-order valence-electron chi connectivity index (χ3n) is 3.14. The van der Waals surface area contributed by atoms with E-state index in [1.54, 1.807) is 0 Å². The standard InChI is InChI=1S/C17H11FO2S/c18-15-7-3-6-14(17(19)20)16(15)21-13-9-8-11-4-1-2-5-12(11)10-13/h1-10H,(H,19,20). The van der Waals surface area contributed by atoms with Crippen LogP contribution in [0.4, 0.5) is 4.39 Å². The molecule has 3 rings (SSSR count). The number of carbonyl (C=O) groups is 1. The molecule has 104 valence electrons. The lowest BCUT2D eigenvalue weighted by molar-refractivity contribution is 0.0692. The molecular formula is C17H11FO2S. The lowest BCUT2D eigenvalue weighted by Gasteiger charge is -2.08. The van der Waals surface area contributed by atoms with Crippen molar-refractivity contribution in [1.82, 2.24) is 0 Å². The number of carboxylic acids is 1. The Bertz CT molecular complexity index is 830. The highest BCUT2D eigenvalue weighted by Crippen LogP contribution is 2.34. The molecule has 0 amide bonds. The van der Waals surface area contributed by atoms with E-state index in [9.17, 15) is 9.18 Å². The molecule has 0 spiro atoms. The van der Waals surface area contributed by atoms with Crippen molar-refractivity contribution in [2.45, 2.75) is 9.79 Å². The maximum absolute atomic E-state index is 13.9. The van der Waals surface area contributed by atoms with Crippen LogP contribution in [0.5, 0.6) is 0 Å². The van der Waals surface area contributed by atoms with Crippen LogP contribution in [-0.4, -0.2) is 11.1 Å². The van der Waals surface area contributed by atoms with Gasteiger partial charge >= 0.3 is 5.97 Å². The SMILES string of the molecule is O=C(O)c1cccc(F)c1Sc1ccc2ccccc2c1. The van der Waals surface area contributed by atoms with E-state index in [1.165, 1.54) is 18.2 Å². The molecule has 0 aliphatic rings. The van der Waals surface area contributed by atoms with Crippen LogP contribution >= 0.6 is 11.8 Å². The number of fused-ring (bicyclic) bond motifs is 1. The monoisotopic (exact) mass is 298 g/mol. The number of hydrogen-bond donors (Lipinski definition) is 1. The Hall–Kier alpha value is -2.33. The van der Waals surface area contributed by atoms with E-state index in [4.69, 9.17) is 5.11 Å².